The summed E-state index contributed by atoms with van der Waals surface area (Å²) in [7, 11) is 0. The molecule has 10 heteroatoms. The van der Waals surface area contributed by atoms with Gasteiger partial charge in [0.1, 0.15) is 12.4 Å². The van der Waals surface area contributed by atoms with Crippen LogP contribution in [0.1, 0.15) is 18.4 Å². The van der Waals surface area contributed by atoms with E-state index in [4.69, 9.17) is 9.47 Å². The lowest BCUT2D eigenvalue weighted by atomic mass is 9.72. The Morgan fingerprint density at radius 1 is 1.19 bits per heavy atom. The maximum absolute atomic E-state index is 12.7. The Morgan fingerprint density at radius 3 is 2.61 bits per heavy atom. The molecule has 0 aromatic carbocycles. The Kier molecular flexibility index (Phi) is 6.68. The van der Waals surface area contributed by atoms with Crippen molar-refractivity contribution in [3.8, 4) is 0 Å². The van der Waals surface area contributed by atoms with Crippen LogP contribution in [-0.2, 0) is 20.8 Å². The molecule has 3 aliphatic rings. The molecule has 3 saturated heterocycles. The SMILES string of the molecule is O=C(NCC(F)(F)F)[C@H]1CN(Cc2ccnc(N3CCOCC3)c2)CC12CCOCC2. The van der Waals surface area contributed by atoms with E-state index in [1.807, 2.05) is 6.07 Å². The van der Waals surface area contributed by atoms with Gasteiger partial charge in [-0.05, 0) is 30.5 Å². The maximum Gasteiger partial charge on any atom is 0.405 e. The predicted octanol–water partition coefficient (Wildman–Crippen LogP) is 1.83. The molecule has 0 unspecified atom stereocenters. The number of anilines is 1. The Labute approximate surface area is 179 Å². The molecular weight excluding hydrogens is 413 g/mol. The smallest absolute Gasteiger partial charge is 0.381 e. The normalized spacial score (nSPS) is 24.5. The highest BCUT2D eigenvalue weighted by molar-refractivity contribution is 5.80. The number of aromatic nitrogens is 1. The summed E-state index contributed by atoms with van der Waals surface area (Å²) < 4.78 is 48.8. The van der Waals surface area contributed by atoms with Crippen molar-refractivity contribution in [1.29, 1.82) is 0 Å². The van der Waals surface area contributed by atoms with Crippen LogP contribution in [0, 0.1) is 11.3 Å². The van der Waals surface area contributed by atoms with E-state index >= 15 is 0 Å². The summed E-state index contributed by atoms with van der Waals surface area (Å²) in [5, 5.41) is 2.11. The van der Waals surface area contributed by atoms with Gasteiger partial charge in [0.05, 0.1) is 19.1 Å². The quantitative estimate of drug-likeness (QED) is 0.751. The topological polar surface area (TPSA) is 66.9 Å². The number of carbonyl (C=O) groups is 1. The second kappa shape index (κ2) is 9.30. The lowest BCUT2D eigenvalue weighted by Gasteiger charge is -2.37. The summed E-state index contributed by atoms with van der Waals surface area (Å²) in [4.78, 5) is 21.6. The zero-order valence-electron chi connectivity index (χ0n) is 17.5. The van der Waals surface area contributed by atoms with E-state index in [2.05, 4.69) is 26.2 Å². The van der Waals surface area contributed by atoms with Crippen molar-refractivity contribution in [2.75, 3.05) is 64.1 Å². The van der Waals surface area contributed by atoms with Gasteiger partial charge >= 0.3 is 6.18 Å². The lowest BCUT2D eigenvalue weighted by molar-refractivity contribution is -0.143. The number of likely N-dealkylation sites (tertiary alicyclic amines) is 1. The average molecular weight is 442 g/mol. The summed E-state index contributed by atoms with van der Waals surface area (Å²) in [5.41, 5.74) is 0.739. The first-order valence-electron chi connectivity index (χ1n) is 10.8. The molecule has 3 aliphatic heterocycles. The van der Waals surface area contributed by atoms with Gasteiger partial charge in [-0.1, -0.05) is 0 Å². The molecule has 172 valence electrons. The molecular formula is C21H29F3N4O3. The van der Waals surface area contributed by atoms with Crippen LogP contribution in [0.4, 0.5) is 19.0 Å². The number of halogens is 3. The van der Waals surface area contributed by atoms with E-state index in [-0.39, 0.29) is 5.41 Å². The van der Waals surface area contributed by atoms with Gasteiger partial charge in [-0.25, -0.2) is 4.98 Å². The summed E-state index contributed by atoms with van der Waals surface area (Å²) >= 11 is 0. The summed E-state index contributed by atoms with van der Waals surface area (Å²) in [6.45, 7) is 4.48. The first-order valence-corrected chi connectivity index (χ1v) is 10.8. The molecule has 0 saturated carbocycles. The van der Waals surface area contributed by atoms with Crippen LogP contribution in [0.15, 0.2) is 18.3 Å². The highest BCUT2D eigenvalue weighted by Crippen LogP contribution is 2.45. The molecule has 1 amide bonds. The van der Waals surface area contributed by atoms with E-state index < -0.39 is 24.5 Å². The molecule has 3 fully saturated rings. The van der Waals surface area contributed by atoms with Crippen LogP contribution in [0.5, 0.6) is 0 Å². The number of morpholine rings is 1. The molecule has 1 aromatic rings. The first kappa shape index (κ1) is 22.3. The van der Waals surface area contributed by atoms with Crippen LogP contribution in [-0.4, -0.2) is 81.1 Å². The Balaban J connectivity index is 1.45. The fourth-order valence-electron chi connectivity index (χ4n) is 4.93. The second-order valence-corrected chi connectivity index (χ2v) is 8.65. The number of amides is 1. The van der Waals surface area contributed by atoms with E-state index in [0.29, 0.717) is 58.9 Å². The molecule has 4 heterocycles. The number of hydrogen-bond acceptors (Lipinski definition) is 6. The molecule has 7 nitrogen and oxygen atoms in total. The number of alkyl halides is 3. The van der Waals surface area contributed by atoms with Crippen LogP contribution in [0.25, 0.3) is 0 Å². The number of carbonyl (C=O) groups excluding carboxylic acids is 1. The third-order valence-corrected chi connectivity index (χ3v) is 6.54. The number of pyridine rings is 1. The summed E-state index contributed by atoms with van der Waals surface area (Å²) in [6, 6.07) is 4.01. The van der Waals surface area contributed by atoms with Crippen molar-refractivity contribution in [3.63, 3.8) is 0 Å². The van der Waals surface area contributed by atoms with Gasteiger partial charge < -0.3 is 19.7 Å². The largest absolute Gasteiger partial charge is 0.405 e. The van der Waals surface area contributed by atoms with Crippen LogP contribution >= 0.6 is 0 Å². The maximum atomic E-state index is 12.7. The molecule has 0 bridgehead atoms. The first-order chi connectivity index (χ1) is 14.8. The lowest BCUT2D eigenvalue weighted by Crippen LogP contribution is -2.46. The third kappa shape index (κ3) is 5.48. The Bertz CT molecular complexity index is 764. The minimum absolute atomic E-state index is 0.339. The third-order valence-electron chi connectivity index (χ3n) is 6.54. The van der Waals surface area contributed by atoms with Crippen LogP contribution in [0.3, 0.4) is 0 Å². The second-order valence-electron chi connectivity index (χ2n) is 8.65. The summed E-state index contributed by atoms with van der Waals surface area (Å²) in [6.07, 6.45) is -1.26. The standard InChI is InChI=1S/C21H29F3N4O3/c22-21(23,24)14-26-19(29)17-13-27(15-20(17)2-7-30-8-3-20)12-16-1-4-25-18(11-16)28-5-9-31-10-6-28/h1,4,11,17H,2-3,5-10,12-15H2,(H,26,29)/t17-/m1/s1. The van der Waals surface area contributed by atoms with Crippen molar-refractivity contribution in [3.05, 3.63) is 23.9 Å². The van der Waals surface area contributed by atoms with Gasteiger partial charge in [0.2, 0.25) is 5.91 Å². The molecule has 1 spiro atoms. The van der Waals surface area contributed by atoms with Gasteiger partial charge in [0.15, 0.2) is 0 Å². The minimum Gasteiger partial charge on any atom is -0.381 e. The van der Waals surface area contributed by atoms with Crippen molar-refractivity contribution in [2.24, 2.45) is 11.3 Å². The molecule has 1 aromatic heterocycles. The van der Waals surface area contributed by atoms with Gasteiger partial charge in [-0.2, -0.15) is 13.2 Å². The molecule has 1 atom stereocenters. The predicted molar refractivity (Wildman–Crippen MR) is 108 cm³/mol. The van der Waals surface area contributed by atoms with Crippen molar-refractivity contribution in [1.82, 2.24) is 15.2 Å². The number of nitrogens with zero attached hydrogens (tertiary/aromatic N) is 3. The fraction of sp³-hybridized carbons (Fsp3) is 0.714. The van der Waals surface area contributed by atoms with E-state index in [0.717, 1.165) is 24.5 Å². The zero-order valence-corrected chi connectivity index (χ0v) is 17.5. The van der Waals surface area contributed by atoms with Gasteiger partial charge in [-0.15, -0.1) is 0 Å². The highest BCUT2D eigenvalue weighted by atomic mass is 19.4. The van der Waals surface area contributed by atoms with E-state index in [9.17, 15) is 18.0 Å². The summed E-state index contributed by atoms with van der Waals surface area (Å²) in [5.74, 6) is -0.0787. The number of ether oxygens (including phenoxy) is 2. The Hall–Kier alpha value is -1.91. The number of nitrogens with one attached hydrogen (secondary N) is 1. The molecule has 31 heavy (non-hydrogen) atoms. The van der Waals surface area contributed by atoms with E-state index in [1.165, 1.54) is 0 Å². The zero-order chi connectivity index (χ0) is 21.9. The molecule has 4 rings (SSSR count). The van der Waals surface area contributed by atoms with Crippen LogP contribution in [0.2, 0.25) is 0 Å². The highest BCUT2D eigenvalue weighted by Gasteiger charge is 2.50. The molecule has 0 radical (unpaired) electrons. The van der Waals surface area contributed by atoms with Crippen molar-refractivity contribution < 1.29 is 27.4 Å². The minimum atomic E-state index is -4.41. The molecule has 0 aliphatic carbocycles. The van der Waals surface area contributed by atoms with Gasteiger partial charge in [-0.3, -0.25) is 9.69 Å². The molecule has 1 N–H and O–H groups in total. The van der Waals surface area contributed by atoms with E-state index in [1.54, 1.807) is 6.20 Å². The van der Waals surface area contributed by atoms with Crippen LogP contribution < -0.4 is 10.2 Å². The van der Waals surface area contributed by atoms with Gasteiger partial charge in [0, 0.05) is 57.5 Å². The average Bonchev–Trinajstić information content (AvgIpc) is 3.10. The monoisotopic (exact) mass is 442 g/mol. The Morgan fingerprint density at radius 2 is 1.90 bits per heavy atom. The van der Waals surface area contributed by atoms with Gasteiger partial charge in [0.25, 0.3) is 0 Å². The fourth-order valence-corrected chi connectivity index (χ4v) is 4.93. The van der Waals surface area contributed by atoms with Crippen molar-refractivity contribution in [2.45, 2.75) is 25.6 Å². The van der Waals surface area contributed by atoms with Crippen molar-refractivity contribution >= 4 is 11.7 Å². The number of rotatable bonds is 5. The number of hydrogen-bond donors (Lipinski definition) is 1.